The molecule has 7 nitrogen and oxygen atoms in total. The molecule has 3 aromatic carbocycles. The van der Waals surface area contributed by atoms with E-state index in [4.69, 9.17) is 23.7 Å². The van der Waals surface area contributed by atoms with Crippen molar-refractivity contribution in [1.82, 2.24) is 0 Å². The molecule has 0 aliphatic heterocycles. The number of anilines is 1. The van der Waals surface area contributed by atoms with Crippen LogP contribution in [0, 0.1) is 0 Å². The molecular weight excluding hydrogens is 398 g/mol. The first kappa shape index (κ1) is 21.8. The number of para-hydroxylation sites is 2. The summed E-state index contributed by atoms with van der Waals surface area (Å²) in [6.07, 6.45) is 0. The highest BCUT2D eigenvalue weighted by molar-refractivity contribution is 6.05. The van der Waals surface area contributed by atoms with E-state index in [1.165, 1.54) is 7.11 Å². The topological polar surface area (TPSA) is 75.3 Å². The minimum atomic E-state index is -0.287. The van der Waals surface area contributed by atoms with Crippen LogP contribution in [0.1, 0.15) is 15.9 Å². The van der Waals surface area contributed by atoms with Gasteiger partial charge in [-0.25, -0.2) is 0 Å². The summed E-state index contributed by atoms with van der Waals surface area (Å²) in [6.45, 7) is 0.205. The zero-order valence-corrected chi connectivity index (χ0v) is 17.9. The molecule has 1 N–H and O–H groups in total. The summed E-state index contributed by atoms with van der Waals surface area (Å²) in [6, 6.07) is 17.7. The van der Waals surface area contributed by atoms with E-state index in [0.29, 0.717) is 40.0 Å². The molecular formula is C24H25NO6. The molecule has 0 aromatic heterocycles. The third-order valence-electron chi connectivity index (χ3n) is 4.65. The fraction of sp³-hybridized carbons (Fsp3) is 0.208. The number of amides is 1. The minimum Gasteiger partial charge on any atom is -0.497 e. The second kappa shape index (κ2) is 10.2. The Morgan fingerprint density at radius 3 is 2.13 bits per heavy atom. The van der Waals surface area contributed by atoms with E-state index in [2.05, 4.69) is 5.32 Å². The molecule has 0 bridgehead atoms. The van der Waals surface area contributed by atoms with E-state index in [9.17, 15) is 4.79 Å². The molecule has 0 aliphatic carbocycles. The quantitative estimate of drug-likeness (QED) is 0.544. The van der Waals surface area contributed by atoms with Crippen LogP contribution in [0.15, 0.2) is 60.7 Å². The van der Waals surface area contributed by atoms with E-state index < -0.39 is 0 Å². The van der Waals surface area contributed by atoms with Gasteiger partial charge in [-0.1, -0.05) is 12.1 Å². The first-order valence-corrected chi connectivity index (χ1v) is 9.55. The molecule has 0 radical (unpaired) electrons. The average Bonchev–Trinajstić information content (AvgIpc) is 2.82. The second-order valence-corrected chi connectivity index (χ2v) is 6.49. The zero-order chi connectivity index (χ0) is 22.2. The van der Waals surface area contributed by atoms with Gasteiger partial charge in [-0.3, -0.25) is 4.79 Å². The molecule has 0 saturated carbocycles. The molecule has 31 heavy (non-hydrogen) atoms. The monoisotopic (exact) mass is 423 g/mol. The Hall–Kier alpha value is -3.87. The fourth-order valence-corrected chi connectivity index (χ4v) is 3.02. The lowest BCUT2D eigenvalue weighted by Crippen LogP contribution is -2.13. The number of rotatable bonds is 9. The largest absolute Gasteiger partial charge is 0.497 e. The highest BCUT2D eigenvalue weighted by Gasteiger charge is 2.14. The van der Waals surface area contributed by atoms with Crippen molar-refractivity contribution in [3.05, 3.63) is 71.8 Å². The third-order valence-corrected chi connectivity index (χ3v) is 4.65. The number of benzene rings is 3. The van der Waals surface area contributed by atoms with Crippen molar-refractivity contribution in [2.24, 2.45) is 0 Å². The van der Waals surface area contributed by atoms with E-state index in [1.54, 1.807) is 57.7 Å². The number of carbonyl (C=O) groups excluding carboxylic acids is 1. The molecule has 7 heteroatoms. The van der Waals surface area contributed by atoms with E-state index in [0.717, 1.165) is 5.56 Å². The van der Waals surface area contributed by atoms with Crippen LogP contribution in [0.2, 0.25) is 0 Å². The van der Waals surface area contributed by atoms with Gasteiger partial charge in [-0.05, 0) is 42.5 Å². The number of hydrogen-bond donors (Lipinski definition) is 1. The normalized spacial score (nSPS) is 10.2. The Kier molecular flexibility index (Phi) is 7.22. The maximum Gasteiger partial charge on any atom is 0.255 e. The van der Waals surface area contributed by atoms with Gasteiger partial charge in [0.15, 0.2) is 11.5 Å². The van der Waals surface area contributed by atoms with Crippen LogP contribution in [0.4, 0.5) is 5.69 Å². The first-order valence-electron chi connectivity index (χ1n) is 9.55. The van der Waals surface area contributed by atoms with E-state index in [-0.39, 0.29) is 12.5 Å². The number of ether oxygens (including phenoxy) is 5. The summed E-state index contributed by atoms with van der Waals surface area (Å²) >= 11 is 0. The van der Waals surface area contributed by atoms with Crippen molar-refractivity contribution in [2.45, 2.75) is 6.61 Å². The van der Waals surface area contributed by atoms with E-state index in [1.807, 2.05) is 24.3 Å². The number of carbonyl (C=O) groups is 1. The summed E-state index contributed by atoms with van der Waals surface area (Å²) in [7, 11) is 6.26. The minimum absolute atomic E-state index is 0.205. The molecule has 0 aliphatic rings. The van der Waals surface area contributed by atoms with Gasteiger partial charge in [0.05, 0.1) is 34.1 Å². The van der Waals surface area contributed by atoms with Crippen LogP contribution < -0.4 is 29.0 Å². The molecule has 0 spiro atoms. The third kappa shape index (κ3) is 5.19. The fourth-order valence-electron chi connectivity index (χ4n) is 3.02. The highest BCUT2D eigenvalue weighted by Crippen LogP contribution is 2.31. The second-order valence-electron chi connectivity index (χ2n) is 6.49. The van der Waals surface area contributed by atoms with Gasteiger partial charge < -0.3 is 29.0 Å². The summed E-state index contributed by atoms with van der Waals surface area (Å²) in [5.41, 5.74) is 1.72. The molecule has 3 aromatic rings. The predicted octanol–water partition coefficient (Wildman–Crippen LogP) is 4.55. The van der Waals surface area contributed by atoms with Crippen LogP contribution in [0.25, 0.3) is 0 Å². The van der Waals surface area contributed by atoms with Crippen molar-refractivity contribution < 1.29 is 28.5 Å². The SMILES string of the molecule is COc1ccc(NC(=O)c2ccc(OC)c(COc3ccccc3OC)c2)c(OC)c1. The highest BCUT2D eigenvalue weighted by atomic mass is 16.5. The van der Waals surface area contributed by atoms with Crippen molar-refractivity contribution in [3.8, 4) is 28.7 Å². The molecule has 0 atom stereocenters. The van der Waals surface area contributed by atoms with Crippen LogP contribution in [0.5, 0.6) is 28.7 Å². The van der Waals surface area contributed by atoms with Gasteiger partial charge in [0, 0.05) is 17.2 Å². The summed E-state index contributed by atoms with van der Waals surface area (Å²) in [4.78, 5) is 12.9. The lowest BCUT2D eigenvalue weighted by molar-refractivity contribution is 0.102. The summed E-state index contributed by atoms with van der Waals surface area (Å²) in [5, 5.41) is 2.86. The molecule has 0 unspecified atom stereocenters. The van der Waals surface area contributed by atoms with Gasteiger partial charge in [0.25, 0.3) is 5.91 Å². The van der Waals surface area contributed by atoms with Crippen molar-refractivity contribution in [2.75, 3.05) is 33.8 Å². The lowest BCUT2D eigenvalue weighted by atomic mass is 10.1. The van der Waals surface area contributed by atoms with Gasteiger partial charge in [0.1, 0.15) is 23.9 Å². The Balaban J connectivity index is 1.80. The van der Waals surface area contributed by atoms with Gasteiger partial charge in [-0.2, -0.15) is 0 Å². The summed E-state index contributed by atoms with van der Waals surface area (Å²) in [5.74, 6) is 2.70. The van der Waals surface area contributed by atoms with Crippen molar-refractivity contribution >= 4 is 11.6 Å². The standard InChI is InChI=1S/C24H25NO6/c1-27-18-10-11-19(23(14-18)30-4)25-24(26)16-9-12-20(28-2)17(13-16)15-31-22-8-6-5-7-21(22)29-3/h5-14H,15H2,1-4H3,(H,25,26). The van der Waals surface area contributed by atoms with Crippen LogP contribution >= 0.6 is 0 Å². The van der Waals surface area contributed by atoms with Crippen molar-refractivity contribution in [3.63, 3.8) is 0 Å². The molecule has 162 valence electrons. The molecule has 1 amide bonds. The Morgan fingerprint density at radius 2 is 1.45 bits per heavy atom. The van der Waals surface area contributed by atoms with Crippen LogP contribution in [-0.4, -0.2) is 34.3 Å². The maximum atomic E-state index is 12.9. The maximum absolute atomic E-state index is 12.9. The Morgan fingerprint density at radius 1 is 0.742 bits per heavy atom. The van der Waals surface area contributed by atoms with E-state index >= 15 is 0 Å². The average molecular weight is 423 g/mol. The Labute approximate surface area is 181 Å². The predicted molar refractivity (Wildman–Crippen MR) is 118 cm³/mol. The molecule has 0 heterocycles. The Bertz CT molecular complexity index is 1050. The smallest absolute Gasteiger partial charge is 0.255 e. The number of hydrogen-bond acceptors (Lipinski definition) is 6. The lowest BCUT2D eigenvalue weighted by Gasteiger charge is -2.15. The molecule has 3 rings (SSSR count). The number of nitrogens with one attached hydrogen (secondary N) is 1. The van der Waals surface area contributed by atoms with Crippen molar-refractivity contribution in [1.29, 1.82) is 0 Å². The zero-order valence-electron chi connectivity index (χ0n) is 17.9. The van der Waals surface area contributed by atoms with Crippen LogP contribution in [0.3, 0.4) is 0 Å². The van der Waals surface area contributed by atoms with Gasteiger partial charge in [-0.15, -0.1) is 0 Å². The van der Waals surface area contributed by atoms with Gasteiger partial charge in [0.2, 0.25) is 0 Å². The summed E-state index contributed by atoms with van der Waals surface area (Å²) < 4.78 is 27.2. The molecule has 0 fully saturated rings. The first-order chi connectivity index (χ1) is 15.1. The van der Waals surface area contributed by atoms with Crippen LogP contribution in [-0.2, 0) is 6.61 Å². The number of methoxy groups -OCH3 is 4. The van der Waals surface area contributed by atoms with Gasteiger partial charge >= 0.3 is 0 Å². The molecule has 0 saturated heterocycles.